The lowest BCUT2D eigenvalue weighted by Gasteiger charge is -2.23. The van der Waals surface area contributed by atoms with Crippen molar-refractivity contribution in [1.29, 1.82) is 0 Å². The third-order valence-corrected chi connectivity index (χ3v) is 4.81. The molecular formula is C16H17Cl2N3O2. The minimum absolute atomic E-state index is 0.136. The van der Waals surface area contributed by atoms with Crippen molar-refractivity contribution in [2.75, 3.05) is 20.1 Å². The van der Waals surface area contributed by atoms with Crippen LogP contribution in [0.1, 0.15) is 22.5 Å². The highest BCUT2D eigenvalue weighted by molar-refractivity contribution is 6.39. The second-order valence-corrected chi connectivity index (χ2v) is 6.44. The Labute approximate surface area is 144 Å². The Morgan fingerprint density at radius 1 is 1.39 bits per heavy atom. The summed E-state index contributed by atoms with van der Waals surface area (Å²) < 4.78 is 5.26. The molecule has 5 nitrogen and oxygen atoms in total. The van der Waals surface area contributed by atoms with E-state index in [0.29, 0.717) is 32.6 Å². The largest absolute Gasteiger partial charge is 0.360 e. The van der Waals surface area contributed by atoms with Crippen molar-refractivity contribution in [2.24, 2.45) is 0 Å². The average molecular weight is 354 g/mol. The van der Waals surface area contributed by atoms with E-state index in [2.05, 4.69) is 10.5 Å². The lowest BCUT2D eigenvalue weighted by molar-refractivity contribution is 0.0742. The van der Waals surface area contributed by atoms with Crippen LogP contribution in [-0.2, 0) is 0 Å². The summed E-state index contributed by atoms with van der Waals surface area (Å²) in [7, 11) is 1.80. The van der Waals surface area contributed by atoms with Crippen LogP contribution in [-0.4, -0.2) is 42.1 Å². The summed E-state index contributed by atoms with van der Waals surface area (Å²) in [4.78, 5) is 14.7. The number of hydrogen-bond acceptors (Lipinski definition) is 4. The first-order chi connectivity index (χ1) is 11.0. The van der Waals surface area contributed by atoms with Gasteiger partial charge in [-0.05, 0) is 32.0 Å². The molecule has 1 amide bonds. The molecule has 23 heavy (non-hydrogen) atoms. The Hall–Kier alpha value is -1.56. The van der Waals surface area contributed by atoms with Crippen LogP contribution in [0.2, 0.25) is 10.0 Å². The van der Waals surface area contributed by atoms with Gasteiger partial charge < -0.3 is 14.7 Å². The molecule has 0 radical (unpaired) electrons. The third-order valence-electron chi connectivity index (χ3n) is 4.18. The van der Waals surface area contributed by atoms with Gasteiger partial charge in [0.15, 0.2) is 0 Å². The van der Waals surface area contributed by atoms with Crippen molar-refractivity contribution < 1.29 is 9.32 Å². The number of nitrogens with one attached hydrogen (secondary N) is 1. The number of nitrogens with zero attached hydrogens (tertiary/aromatic N) is 2. The van der Waals surface area contributed by atoms with Crippen molar-refractivity contribution in [3.8, 4) is 11.3 Å². The van der Waals surface area contributed by atoms with Gasteiger partial charge >= 0.3 is 0 Å². The van der Waals surface area contributed by atoms with Crippen molar-refractivity contribution >= 4 is 29.1 Å². The van der Waals surface area contributed by atoms with Crippen LogP contribution in [0.25, 0.3) is 11.3 Å². The van der Waals surface area contributed by atoms with Crippen molar-refractivity contribution in [1.82, 2.24) is 15.4 Å². The first-order valence-corrected chi connectivity index (χ1v) is 8.14. The number of carbonyl (C=O) groups is 1. The Bertz CT molecular complexity index is 719. The predicted molar refractivity (Wildman–Crippen MR) is 90.1 cm³/mol. The summed E-state index contributed by atoms with van der Waals surface area (Å²) in [6.07, 6.45) is 0.925. The molecule has 1 aliphatic heterocycles. The molecule has 1 atom stereocenters. The molecule has 0 spiro atoms. The zero-order chi connectivity index (χ0) is 16.6. The Morgan fingerprint density at radius 3 is 2.70 bits per heavy atom. The molecule has 0 aliphatic carbocycles. The van der Waals surface area contributed by atoms with Gasteiger partial charge in [0.1, 0.15) is 17.0 Å². The standard InChI is InChI=1S/C16H17Cl2N3O2/c1-9-13(16(22)21(2)10-6-7-19-8-10)15(20-23-9)14-11(17)4-3-5-12(14)18/h3-5,10,19H,6-8H2,1-2H3. The van der Waals surface area contributed by atoms with Gasteiger partial charge in [-0.2, -0.15) is 0 Å². The summed E-state index contributed by atoms with van der Waals surface area (Å²) in [6.45, 7) is 3.41. The van der Waals surface area contributed by atoms with Crippen molar-refractivity contribution in [3.05, 3.63) is 39.6 Å². The van der Waals surface area contributed by atoms with Gasteiger partial charge in [0.25, 0.3) is 5.91 Å². The lowest BCUT2D eigenvalue weighted by Crippen LogP contribution is -2.38. The molecule has 1 aliphatic rings. The number of aryl methyl sites for hydroxylation is 1. The maximum Gasteiger partial charge on any atom is 0.259 e. The third kappa shape index (κ3) is 2.96. The molecular weight excluding hydrogens is 337 g/mol. The van der Waals surface area contributed by atoms with Gasteiger partial charge in [0.05, 0.1) is 10.0 Å². The number of aromatic nitrogens is 1. The minimum Gasteiger partial charge on any atom is -0.360 e. The van der Waals surface area contributed by atoms with E-state index < -0.39 is 0 Å². The van der Waals surface area contributed by atoms with Crippen LogP contribution < -0.4 is 5.32 Å². The lowest BCUT2D eigenvalue weighted by atomic mass is 10.0. The second-order valence-electron chi connectivity index (χ2n) is 5.62. The highest BCUT2D eigenvalue weighted by Crippen LogP contribution is 2.37. The molecule has 1 N–H and O–H groups in total. The number of likely N-dealkylation sites (N-methyl/N-ethyl adjacent to an activating group) is 1. The summed E-state index contributed by atoms with van der Waals surface area (Å²) in [6, 6.07) is 5.34. The highest BCUT2D eigenvalue weighted by Gasteiger charge is 2.30. The molecule has 122 valence electrons. The van der Waals surface area contributed by atoms with Crippen molar-refractivity contribution in [2.45, 2.75) is 19.4 Å². The summed E-state index contributed by atoms with van der Waals surface area (Å²) in [5.74, 6) is 0.322. The molecule has 2 heterocycles. The van der Waals surface area contributed by atoms with Crippen LogP contribution in [0.5, 0.6) is 0 Å². The van der Waals surface area contributed by atoms with E-state index in [4.69, 9.17) is 27.7 Å². The number of carbonyl (C=O) groups excluding carboxylic acids is 1. The molecule has 1 aromatic carbocycles. The molecule has 0 bridgehead atoms. The topological polar surface area (TPSA) is 58.4 Å². The van der Waals surface area contributed by atoms with Crippen LogP contribution in [0.3, 0.4) is 0 Å². The average Bonchev–Trinajstić information content (AvgIpc) is 3.16. The summed E-state index contributed by atoms with van der Waals surface area (Å²) >= 11 is 12.5. The Balaban J connectivity index is 2.04. The fraction of sp³-hybridized carbons (Fsp3) is 0.375. The van der Waals surface area contributed by atoms with Crippen LogP contribution in [0, 0.1) is 6.92 Å². The van der Waals surface area contributed by atoms with E-state index in [1.807, 2.05) is 0 Å². The zero-order valence-electron chi connectivity index (χ0n) is 12.9. The fourth-order valence-electron chi connectivity index (χ4n) is 2.83. The number of halogens is 2. The van der Waals surface area contributed by atoms with Gasteiger partial charge in [-0.1, -0.05) is 34.4 Å². The van der Waals surface area contributed by atoms with E-state index in [9.17, 15) is 4.79 Å². The molecule has 2 aromatic rings. The summed E-state index contributed by atoms with van der Waals surface area (Å²) in [5, 5.41) is 8.16. The smallest absolute Gasteiger partial charge is 0.259 e. The molecule has 1 fully saturated rings. The van der Waals surface area contributed by atoms with Crippen LogP contribution >= 0.6 is 23.2 Å². The molecule has 1 unspecified atom stereocenters. The van der Waals surface area contributed by atoms with Gasteiger partial charge in [0, 0.05) is 25.2 Å². The fourth-order valence-corrected chi connectivity index (χ4v) is 3.41. The maximum atomic E-state index is 12.9. The van der Waals surface area contributed by atoms with Gasteiger partial charge in [-0.25, -0.2) is 0 Å². The number of benzene rings is 1. The summed E-state index contributed by atoms with van der Waals surface area (Å²) in [5.41, 5.74) is 1.32. The maximum absolute atomic E-state index is 12.9. The SMILES string of the molecule is Cc1onc(-c2c(Cl)cccc2Cl)c1C(=O)N(C)C1CCNC1. The van der Waals surface area contributed by atoms with E-state index >= 15 is 0 Å². The van der Waals surface area contributed by atoms with Crippen LogP contribution in [0.4, 0.5) is 0 Å². The highest BCUT2D eigenvalue weighted by atomic mass is 35.5. The molecule has 3 rings (SSSR count). The van der Waals surface area contributed by atoms with E-state index in [-0.39, 0.29) is 11.9 Å². The quantitative estimate of drug-likeness (QED) is 0.918. The Morgan fingerprint density at radius 2 is 2.09 bits per heavy atom. The van der Waals surface area contributed by atoms with Gasteiger partial charge in [-0.15, -0.1) is 0 Å². The number of amides is 1. The minimum atomic E-state index is -0.136. The first-order valence-electron chi connectivity index (χ1n) is 7.39. The molecule has 0 saturated carbocycles. The van der Waals surface area contributed by atoms with E-state index in [1.54, 1.807) is 37.1 Å². The molecule has 1 aromatic heterocycles. The van der Waals surface area contributed by atoms with Crippen molar-refractivity contribution in [3.63, 3.8) is 0 Å². The van der Waals surface area contributed by atoms with Crippen LogP contribution in [0.15, 0.2) is 22.7 Å². The number of hydrogen-bond donors (Lipinski definition) is 1. The predicted octanol–water partition coefficient (Wildman–Crippen LogP) is 3.39. The first kappa shape index (κ1) is 16.3. The monoisotopic (exact) mass is 353 g/mol. The normalized spacial score (nSPS) is 17.5. The Kier molecular flexibility index (Phi) is 4.62. The van der Waals surface area contributed by atoms with Gasteiger partial charge in [-0.3, -0.25) is 4.79 Å². The number of rotatable bonds is 3. The van der Waals surface area contributed by atoms with E-state index in [1.165, 1.54) is 0 Å². The second kappa shape index (κ2) is 6.51. The van der Waals surface area contributed by atoms with E-state index in [0.717, 1.165) is 19.5 Å². The molecule has 7 heteroatoms. The molecule has 1 saturated heterocycles. The zero-order valence-corrected chi connectivity index (χ0v) is 14.4. The van der Waals surface area contributed by atoms with Gasteiger partial charge in [0.2, 0.25) is 0 Å².